The van der Waals surface area contributed by atoms with Gasteiger partial charge in [-0.2, -0.15) is 0 Å². The van der Waals surface area contributed by atoms with Crippen molar-refractivity contribution in [2.45, 2.75) is 6.92 Å². The number of hydrogen-bond donors (Lipinski definition) is 0. The third-order valence-corrected chi connectivity index (χ3v) is 1.93. The van der Waals surface area contributed by atoms with E-state index in [0.29, 0.717) is 12.1 Å². The molecular formula is C9H11NO3. The minimum atomic E-state index is -0.624. The molecular weight excluding hydrogens is 170 g/mol. The minimum absolute atomic E-state index is 0.298. The van der Waals surface area contributed by atoms with Crippen LogP contribution in [0.2, 0.25) is 0 Å². The highest BCUT2D eigenvalue weighted by Gasteiger charge is 2.31. The van der Waals surface area contributed by atoms with E-state index in [0.717, 1.165) is 10.5 Å². The number of imide groups is 1. The van der Waals surface area contributed by atoms with Crippen molar-refractivity contribution in [3.63, 3.8) is 0 Å². The molecule has 4 heteroatoms. The Balaban J connectivity index is 2.88. The van der Waals surface area contributed by atoms with E-state index in [9.17, 15) is 9.59 Å². The molecule has 70 valence electrons. The molecule has 0 N–H and O–H groups in total. The van der Waals surface area contributed by atoms with Gasteiger partial charge in [-0.15, -0.1) is 0 Å². The molecule has 4 nitrogen and oxygen atoms in total. The lowest BCUT2D eigenvalue weighted by molar-refractivity contribution is -0.123. The predicted octanol–water partition coefficient (Wildman–Crippen LogP) is 1.10. The zero-order chi connectivity index (χ0) is 10.0. The summed E-state index contributed by atoms with van der Waals surface area (Å²) in [4.78, 5) is 23.5. The highest BCUT2D eigenvalue weighted by atomic mass is 16.5. The van der Waals surface area contributed by atoms with Crippen LogP contribution in [0.25, 0.3) is 0 Å². The Bertz CT molecular complexity index is 304. The molecule has 0 radical (unpaired) electrons. The van der Waals surface area contributed by atoms with Crippen molar-refractivity contribution < 1.29 is 14.3 Å². The molecule has 0 saturated heterocycles. The lowest BCUT2D eigenvalue weighted by Crippen LogP contribution is -2.33. The maximum absolute atomic E-state index is 11.4. The van der Waals surface area contributed by atoms with E-state index in [2.05, 4.69) is 11.3 Å². The van der Waals surface area contributed by atoms with Gasteiger partial charge in [-0.05, 0) is 12.5 Å². The van der Waals surface area contributed by atoms with Gasteiger partial charge in [-0.25, -0.2) is 9.69 Å². The second-order valence-corrected chi connectivity index (χ2v) is 2.76. The number of methoxy groups -OCH3 is 1. The maximum Gasteiger partial charge on any atom is 0.416 e. The number of carbonyl (C=O) groups is 2. The third kappa shape index (κ3) is 1.47. The highest BCUT2D eigenvalue weighted by molar-refractivity contribution is 6.07. The zero-order valence-corrected chi connectivity index (χ0v) is 7.66. The average Bonchev–Trinajstić information content (AvgIpc) is 2.40. The summed E-state index contributed by atoms with van der Waals surface area (Å²) in [5.74, 6) is -0.334. The first kappa shape index (κ1) is 9.51. The second kappa shape index (κ2) is 3.43. The lowest BCUT2D eigenvalue weighted by Gasteiger charge is -2.11. The molecule has 0 aromatic heterocycles. The summed E-state index contributed by atoms with van der Waals surface area (Å²) in [7, 11) is 1.25. The monoisotopic (exact) mass is 181 g/mol. The quantitative estimate of drug-likeness (QED) is 0.608. The van der Waals surface area contributed by atoms with Gasteiger partial charge in [0.25, 0.3) is 5.91 Å². The largest absolute Gasteiger partial charge is 0.452 e. The van der Waals surface area contributed by atoms with Crippen LogP contribution in [0.5, 0.6) is 0 Å². The summed E-state index contributed by atoms with van der Waals surface area (Å²) in [5, 5.41) is 0. The van der Waals surface area contributed by atoms with Crippen LogP contribution in [0.4, 0.5) is 4.79 Å². The van der Waals surface area contributed by atoms with Crippen LogP contribution in [0.3, 0.4) is 0 Å². The number of amides is 2. The van der Waals surface area contributed by atoms with Crippen LogP contribution < -0.4 is 0 Å². The first-order chi connectivity index (χ1) is 6.11. The van der Waals surface area contributed by atoms with Crippen molar-refractivity contribution in [2.24, 2.45) is 0 Å². The molecule has 0 unspecified atom stereocenters. The predicted molar refractivity (Wildman–Crippen MR) is 47.0 cm³/mol. The standard InChI is InChI=1S/C9H11NO3/c1-4-7-6(2)5-10(8(7)11)9(12)13-3/h4H,1,5H2,2-3H3. The smallest absolute Gasteiger partial charge is 0.416 e. The Morgan fingerprint density at radius 1 is 1.69 bits per heavy atom. The van der Waals surface area contributed by atoms with Crippen LogP contribution >= 0.6 is 0 Å². The molecule has 1 rings (SSSR count). The van der Waals surface area contributed by atoms with Crippen molar-refractivity contribution in [2.75, 3.05) is 13.7 Å². The van der Waals surface area contributed by atoms with Crippen molar-refractivity contribution in [1.29, 1.82) is 0 Å². The summed E-state index contributed by atoms with van der Waals surface area (Å²) in [6.07, 6.45) is 0.835. The van der Waals surface area contributed by atoms with Crippen molar-refractivity contribution in [3.8, 4) is 0 Å². The highest BCUT2D eigenvalue weighted by Crippen LogP contribution is 2.19. The van der Waals surface area contributed by atoms with E-state index in [4.69, 9.17) is 0 Å². The van der Waals surface area contributed by atoms with Crippen molar-refractivity contribution in [3.05, 3.63) is 23.8 Å². The van der Waals surface area contributed by atoms with Gasteiger partial charge in [0, 0.05) is 5.57 Å². The molecule has 0 atom stereocenters. The number of hydrogen-bond acceptors (Lipinski definition) is 3. The number of nitrogens with zero attached hydrogens (tertiary/aromatic N) is 1. The van der Waals surface area contributed by atoms with E-state index >= 15 is 0 Å². The molecule has 0 spiro atoms. The lowest BCUT2D eigenvalue weighted by atomic mass is 10.2. The van der Waals surface area contributed by atoms with Gasteiger partial charge >= 0.3 is 6.09 Å². The summed E-state index contributed by atoms with van der Waals surface area (Å²) >= 11 is 0. The Kier molecular flexibility index (Phi) is 2.51. The Hall–Kier alpha value is -1.58. The summed E-state index contributed by atoms with van der Waals surface area (Å²) in [6.45, 7) is 5.59. The fourth-order valence-electron chi connectivity index (χ4n) is 1.24. The summed E-state index contributed by atoms with van der Waals surface area (Å²) in [6, 6.07) is 0. The molecule has 1 aliphatic rings. The molecule has 0 aromatic rings. The Morgan fingerprint density at radius 2 is 2.31 bits per heavy atom. The Morgan fingerprint density at radius 3 is 2.69 bits per heavy atom. The van der Waals surface area contributed by atoms with Crippen LogP contribution in [-0.2, 0) is 9.53 Å². The fourth-order valence-corrected chi connectivity index (χ4v) is 1.24. The van der Waals surface area contributed by atoms with Crippen LogP contribution in [0, 0.1) is 0 Å². The summed E-state index contributed by atoms with van der Waals surface area (Å²) in [5.41, 5.74) is 1.33. The van der Waals surface area contributed by atoms with Gasteiger partial charge in [0.2, 0.25) is 0 Å². The van der Waals surface area contributed by atoms with Gasteiger partial charge in [0.05, 0.1) is 13.7 Å². The molecule has 0 aromatic carbocycles. The van der Waals surface area contributed by atoms with Gasteiger partial charge < -0.3 is 4.74 Å². The molecule has 1 aliphatic heterocycles. The molecule has 13 heavy (non-hydrogen) atoms. The van der Waals surface area contributed by atoms with E-state index in [-0.39, 0.29) is 5.91 Å². The normalized spacial score (nSPS) is 16.5. The molecule has 1 heterocycles. The molecule has 2 amide bonds. The number of ether oxygens (including phenoxy) is 1. The molecule has 0 bridgehead atoms. The SMILES string of the molecule is C=CC1=C(C)CN(C(=O)OC)C1=O. The third-order valence-electron chi connectivity index (χ3n) is 1.93. The van der Waals surface area contributed by atoms with E-state index < -0.39 is 6.09 Å². The first-order valence-electron chi connectivity index (χ1n) is 3.83. The van der Waals surface area contributed by atoms with Crippen molar-refractivity contribution >= 4 is 12.0 Å². The van der Waals surface area contributed by atoms with Gasteiger partial charge in [0.1, 0.15) is 0 Å². The maximum atomic E-state index is 11.4. The molecule has 0 saturated carbocycles. The second-order valence-electron chi connectivity index (χ2n) is 2.76. The van der Waals surface area contributed by atoms with Gasteiger partial charge in [-0.1, -0.05) is 12.7 Å². The molecule has 0 fully saturated rings. The van der Waals surface area contributed by atoms with Gasteiger partial charge in [-0.3, -0.25) is 4.79 Å². The average molecular weight is 181 g/mol. The van der Waals surface area contributed by atoms with Crippen LogP contribution in [0.15, 0.2) is 23.8 Å². The minimum Gasteiger partial charge on any atom is -0.452 e. The first-order valence-corrected chi connectivity index (χ1v) is 3.83. The van der Waals surface area contributed by atoms with Gasteiger partial charge in [0.15, 0.2) is 0 Å². The zero-order valence-electron chi connectivity index (χ0n) is 7.66. The van der Waals surface area contributed by atoms with Crippen LogP contribution in [-0.4, -0.2) is 30.6 Å². The van der Waals surface area contributed by atoms with E-state index in [1.807, 2.05) is 0 Å². The van der Waals surface area contributed by atoms with Crippen molar-refractivity contribution in [1.82, 2.24) is 4.90 Å². The van der Waals surface area contributed by atoms with E-state index in [1.165, 1.54) is 13.2 Å². The van der Waals surface area contributed by atoms with Crippen LogP contribution in [0.1, 0.15) is 6.92 Å². The Labute approximate surface area is 76.5 Å². The topological polar surface area (TPSA) is 46.6 Å². The van der Waals surface area contributed by atoms with E-state index in [1.54, 1.807) is 6.92 Å². The summed E-state index contributed by atoms with van der Waals surface area (Å²) < 4.78 is 4.45. The number of rotatable bonds is 1. The molecule has 0 aliphatic carbocycles. The number of carbonyl (C=O) groups excluding carboxylic acids is 2. The fraction of sp³-hybridized carbons (Fsp3) is 0.333.